The molecule has 1 atom stereocenters. The molecule has 2 heterocycles. The van der Waals surface area contributed by atoms with E-state index in [0.29, 0.717) is 41.9 Å². The zero-order valence-electron chi connectivity index (χ0n) is 15.4. The first-order valence-corrected chi connectivity index (χ1v) is 9.32. The van der Waals surface area contributed by atoms with Crippen LogP contribution in [0.15, 0.2) is 36.5 Å². The largest absolute Gasteiger partial charge is 0.481 e. The number of nitriles is 1. The van der Waals surface area contributed by atoms with Crippen LogP contribution in [0.3, 0.4) is 0 Å². The van der Waals surface area contributed by atoms with Crippen LogP contribution in [-0.2, 0) is 4.74 Å². The highest BCUT2D eigenvalue weighted by Crippen LogP contribution is 2.38. The number of hydrogen-bond acceptors (Lipinski definition) is 7. The van der Waals surface area contributed by atoms with Gasteiger partial charge in [0.1, 0.15) is 18.0 Å². The lowest BCUT2D eigenvalue weighted by Crippen LogP contribution is -2.16. The summed E-state index contributed by atoms with van der Waals surface area (Å²) in [6.45, 7) is 0.887. The van der Waals surface area contributed by atoms with Gasteiger partial charge in [0.2, 0.25) is 0 Å². The molecule has 0 unspecified atom stereocenters. The van der Waals surface area contributed by atoms with Crippen LogP contribution >= 0.6 is 11.6 Å². The van der Waals surface area contributed by atoms with Gasteiger partial charge in [0.15, 0.2) is 5.75 Å². The SMILES string of the molecule is N#Cc1cnc2cc(O[C@@H]3CCOC3)c([N+](=O)[O-])cc2c1Nc1ccc(F)c(Cl)c1. The first-order chi connectivity index (χ1) is 14.5. The fourth-order valence-electron chi connectivity index (χ4n) is 3.17. The number of nitrogens with one attached hydrogen (secondary N) is 1. The van der Waals surface area contributed by atoms with Crippen molar-refractivity contribution < 1.29 is 18.8 Å². The molecule has 0 spiro atoms. The highest BCUT2D eigenvalue weighted by atomic mass is 35.5. The number of aromatic nitrogens is 1. The van der Waals surface area contributed by atoms with Crippen molar-refractivity contribution in [3.8, 4) is 11.8 Å². The number of hydrogen-bond donors (Lipinski definition) is 1. The molecule has 8 nitrogen and oxygen atoms in total. The number of nitro benzene ring substituents is 1. The van der Waals surface area contributed by atoms with Crippen LogP contribution in [0.4, 0.5) is 21.5 Å². The van der Waals surface area contributed by atoms with Gasteiger partial charge >= 0.3 is 5.69 Å². The van der Waals surface area contributed by atoms with E-state index in [1.165, 1.54) is 36.5 Å². The van der Waals surface area contributed by atoms with Gasteiger partial charge in [0, 0.05) is 35.8 Å². The number of fused-ring (bicyclic) bond motifs is 1. The van der Waals surface area contributed by atoms with Crippen molar-refractivity contribution in [1.29, 1.82) is 5.26 Å². The van der Waals surface area contributed by atoms with E-state index in [-0.39, 0.29) is 28.1 Å². The van der Waals surface area contributed by atoms with Crippen molar-refractivity contribution in [2.45, 2.75) is 12.5 Å². The average Bonchev–Trinajstić information content (AvgIpc) is 3.23. The van der Waals surface area contributed by atoms with Crippen LogP contribution in [0.1, 0.15) is 12.0 Å². The van der Waals surface area contributed by atoms with E-state index in [2.05, 4.69) is 10.3 Å². The minimum Gasteiger partial charge on any atom is -0.481 e. The van der Waals surface area contributed by atoms with Gasteiger partial charge in [0.05, 0.1) is 39.9 Å². The Morgan fingerprint density at radius 3 is 2.90 bits per heavy atom. The quantitative estimate of drug-likeness (QED) is 0.462. The van der Waals surface area contributed by atoms with Crippen LogP contribution < -0.4 is 10.1 Å². The lowest BCUT2D eigenvalue weighted by molar-refractivity contribution is -0.385. The molecule has 0 radical (unpaired) electrons. The number of pyridine rings is 1. The lowest BCUT2D eigenvalue weighted by atomic mass is 10.1. The zero-order chi connectivity index (χ0) is 21.3. The summed E-state index contributed by atoms with van der Waals surface area (Å²) < 4.78 is 24.5. The van der Waals surface area contributed by atoms with Crippen LogP contribution in [0.25, 0.3) is 10.9 Å². The predicted molar refractivity (Wildman–Crippen MR) is 108 cm³/mol. The third kappa shape index (κ3) is 3.83. The smallest absolute Gasteiger partial charge is 0.311 e. The molecule has 2 aromatic carbocycles. The maximum atomic E-state index is 13.5. The molecule has 0 aliphatic carbocycles. The van der Waals surface area contributed by atoms with Crippen LogP contribution in [0, 0.1) is 27.3 Å². The number of nitrogens with zero attached hydrogens (tertiary/aromatic N) is 3. The van der Waals surface area contributed by atoms with Crippen molar-refractivity contribution in [3.63, 3.8) is 0 Å². The Morgan fingerprint density at radius 1 is 1.40 bits per heavy atom. The lowest BCUT2D eigenvalue weighted by Gasteiger charge is -2.15. The minimum atomic E-state index is -0.587. The van der Waals surface area contributed by atoms with Crippen molar-refractivity contribution in [2.75, 3.05) is 18.5 Å². The molecule has 0 saturated carbocycles. The zero-order valence-corrected chi connectivity index (χ0v) is 16.1. The molecule has 1 aliphatic heterocycles. The van der Waals surface area contributed by atoms with Gasteiger partial charge in [-0.1, -0.05) is 11.6 Å². The first kappa shape index (κ1) is 19.8. The normalized spacial score (nSPS) is 15.7. The number of nitro groups is 1. The fourth-order valence-corrected chi connectivity index (χ4v) is 3.35. The Balaban J connectivity index is 1.83. The predicted octanol–water partition coefficient (Wildman–Crippen LogP) is 4.72. The Kier molecular flexibility index (Phi) is 5.35. The molecular formula is C20H14ClFN4O4. The number of rotatable bonds is 5. The minimum absolute atomic E-state index is 0.0796. The van der Waals surface area contributed by atoms with E-state index in [4.69, 9.17) is 21.1 Å². The summed E-state index contributed by atoms with van der Waals surface area (Å²) in [5.74, 6) is -0.508. The second kappa shape index (κ2) is 8.10. The van der Waals surface area contributed by atoms with E-state index >= 15 is 0 Å². The highest BCUT2D eigenvalue weighted by molar-refractivity contribution is 6.31. The average molecular weight is 429 g/mol. The molecule has 30 heavy (non-hydrogen) atoms. The molecule has 4 rings (SSSR count). The van der Waals surface area contributed by atoms with E-state index in [0.717, 1.165) is 0 Å². The number of anilines is 2. The van der Waals surface area contributed by atoms with E-state index in [1.807, 2.05) is 6.07 Å². The Labute approximate surface area is 174 Å². The summed E-state index contributed by atoms with van der Waals surface area (Å²) in [5.41, 5.74) is 1.01. The van der Waals surface area contributed by atoms with Gasteiger partial charge in [-0.15, -0.1) is 0 Å². The van der Waals surface area contributed by atoms with E-state index in [1.54, 1.807) is 0 Å². The molecule has 1 N–H and O–H groups in total. The Bertz CT molecular complexity index is 1190. The molecular weight excluding hydrogens is 415 g/mol. The summed E-state index contributed by atoms with van der Waals surface area (Å²) in [7, 11) is 0. The van der Waals surface area contributed by atoms with Crippen LogP contribution in [-0.4, -0.2) is 29.2 Å². The van der Waals surface area contributed by atoms with E-state index < -0.39 is 10.7 Å². The summed E-state index contributed by atoms with van der Waals surface area (Å²) in [4.78, 5) is 15.4. The molecule has 1 saturated heterocycles. The first-order valence-electron chi connectivity index (χ1n) is 8.94. The third-order valence-electron chi connectivity index (χ3n) is 4.64. The van der Waals surface area contributed by atoms with E-state index in [9.17, 15) is 19.8 Å². The fraction of sp³-hybridized carbons (Fsp3) is 0.200. The molecule has 152 valence electrons. The van der Waals surface area contributed by atoms with Crippen LogP contribution in [0.2, 0.25) is 5.02 Å². The molecule has 0 amide bonds. The maximum absolute atomic E-state index is 13.5. The summed E-state index contributed by atoms with van der Waals surface area (Å²) in [5, 5.41) is 24.4. The van der Waals surface area contributed by atoms with Gasteiger partial charge in [-0.05, 0) is 18.2 Å². The Hall–Kier alpha value is -3.48. The number of ether oxygens (including phenoxy) is 2. The summed E-state index contributed by atoms with van der Waals surface area (Å²) in [6, 6.07) is 8.76. The molecule has 10 heteroatoms. The van der Waals surface area contributed by atoms with Gasteiger partial charge in [-0.3, -0.25) is 15.1 Å². The molecule has 1 aliphatic rings. The van der Waals surface area contributed by atoms with Crippen molar-refractivity contribution >= 4 is 39.6 Å². The van der Waals surface area contributed by atoms with Crippen molar-refractivity contribution in [2.24, 2.45) is 0 Å². The van der Waals surface area contributed by atoms with Gasteiger partial charge < -0.3 is 14.8 Å². The topological polar surface area (TPSA) is 110 Å². The molecule has 1 fully saturated rings. The number of halogens is 2. The van der Waals surface area contributed by atoms with Gasteiger partial charge in [0.25, 0.3) is 0 Å². The standard InChI is InChI=1S/C20H14ClFN4O4/c21-15-5-12(1-2-16(15)22)25-20-11(8-23)9-24-17-7-19(30-13-3-4-29-10-13)18(26(27)28)6-14(17)20/h1-2,5-7,9,13H,3-4,10H2,(H,24,25)/t13-/m1/s1. The van der Waals surface area contributed by atoms with Crippen molar-refractivity contribution in [1.82, 2.24) is 4.98 Å². The molecule has 1 aromatic heterocycles. The van der Waals surface area contributed by atoms with Crippen molar-refractivity contribution in [3.05, 3.63) is 63.0 Å². The molecule has 3 aromatic rings. The van der Waals surface area contributed by atoms with Crippen LogP contribution in [0.5, 0.6) is 5.75 Å². The second-order valence-corrected chi connectivity index (χ2v) is 7.02. The third-order valence-corrected chi connectivity index (χ3v) is 4.93. The monoisotopic (exact) mass is 428 g/mol. The van der Waals surface area contributed by atoms with Gasteiger partial charge in [-0.25, -0.2) is 4.39 Å². The molecule has 0 bridgehead atoms. The maximum Gasteiger partial charge on any atom is 0.311 e. The second-order valence-electron chi connectivity index (χ2n) is 6.61. The van der Waals surface area contributed by atoms with Gasteiger partial charge in [-0.2, -0.15) is 5.26 Å². The summed E-state index contributed by atoms with van der Waals surface area (Å²) >= 11 is 5.83. The number of benzene rings is 2. The summed E-state index contributed by atoms with van der Waals surface area (Å²) in [6.07, 6.45) is 1.71. The Morgan fingerprint density at radius 2 is 2.23 bits per heavy atom. The highest BCUT2D eigenvalue weighted by Gasteiger charge is 2.25.